The van der Waals surface area contributed by atoms with E-state index in [0.717, 1.165) is 17.4 Å². The molecule has 0 bridgehead atoms. The van der Waals surface area contributed by atoms with Crippen LogP contribution in [-0.2, 0) is 0 Å². The van der Waals surface area contributed by atoms with Crippen LogP contribution in [0.3, 0.4) is 0 Å². The first-order valence-electron chi connectivity index (χ1n) is 9.25. The molecular formula is C23H19FN2O2. The minimum Gasteiger partial charge on any atom is -0.269 e. The summed E-state index contributed by atoms with van der Waals surface area (Å²) in [4.78, 5) is 31.6. The second-order valence-corrected chi connectivity index (χ2v) is 6.81. The van der Waals surface area contributed by atoms with E-state index in [0.29, 0.717) is 22.3 Å². The molecule has 0 radical (unpaired) electrons. The Kier molecular flexibility index (Phi) is 4.51. The highest BCUT2D eigenvalue weighted by atomic mass is 19.1. The van der Waals surface area contributed by atoms with Gasteiger partial charge in [-0.05, 0) is 49.8 Å². The van der Waals surface area contributed by atoms with Gasteiger partial charge in [0.1, 0.15) is 5.82 Å². The van der Waals surface area contributed by atoms with Gasteiger partial charge in [-0.25, -0.2) is 9.37 Å². The molecule has 0 aliphatic carbocycles. The molecule has 140 valence electrons. The fourth-order valence-electron chi connectivity index (χ4n) is 3.57. The van der Waals surface area contributed by atoms with Crippen molar-refractivity contribution in [2.45, 2.75) is 26.3 Å². The number of carbonyl (C=O) groups excluding carboxylic acids is 2. The monoisotopic (exact) mass is 374 g/mol. The molecule has 1 aliphatic rings. The number of halogens is 1. The van der Waals surface area contributed by atoms with Crippen LogP contribution in [0.1, 0.15) is 58.3 Å². The summed E-state index contributed by atoms with van der Waals surface area (Å²) in [5.74, 6) is -0.970. The summed E-state index contributed by atoms with van der Waals surface area (Å²) in [6.45, 7) is 3.82. The van der Waals surface area contributed by atoms with E-state index in [-0.39, 0.29) is 17.6 Å². The molecule has 1 aliphatic heterocycles. The van der Waals surface area contributed by atoms with Crippen molar-refractivity contribution in [1.29, 1.82) is 0 Å². The maximum atomic E-state index is 13.6. The largest absolute Gasteiger partial charge is 0.269 e. The molecule has 0 saturated carbocycles. The molecule has 5 heteroatoms. The maximum Gasteiger partial charge on any atom is 0.262 e. The number of nitrogens with zero attached hydrogens (tertiary/aromatic N) is 2. The van der Waals surface area contributed by atoms with Crippen molar-refractivity contribution < 1.29 is 14.0 Å². The van der Waals surface area contributed by atoms with E-state index in [4.69, 9.17) is 0 Å². The Labute approximate surface area is 162 Å². The van der Waals surface area contributed by atoms with Crippen LogP contribution in [0.2, 0.25) is 0 Å². The summed E-state index contributed by atoms with van der Waals surface area (Å²) in [6, 6.07) is 12.6. The van der Waals surface area contributed by atoms with E-state index in [1.54, 1.807) is 30.3 Å². The topological polar surface area (TPSA) is 50.3 Å². The molecule has 1 aromatic heterocycles. The molecule has 2 amide bonds. The maximum absolute atomic E-state index is 13.6. The molecule has 4 rings (SSSR count). The molecule has 2 heterocycles. The van der Waals surface area contributed by atoms with Crippen molar-refractivity contribution in [1.82, 2.24) is 9.88 Å². The van der Waals surface area contributed by atoms with Crippen LogP contribution in [0.5, 0.6) is 0 Å². The summed E-state index contributed by atoms with van der Waals surface area (Å²) in [5.41, 5.74) is 2.75. The van der Waals surface area contributed by atoms with Crippen LogP contribution in [0, 0.1) is 5.82 Å². The van der Waals surface area contributed by atoms with Crippen molar-refractivity contribution in [3.8, 4) is 0 Å². The average Bonchev–Trinajstić information content (AvgIpc) is 2.96. The highest BCUT2D eigenvalue weighted by molar-refractivity contribution is 6.21. The van der Waals surface area contributed by atoms with Gasteiger partial charge in [-0.1, -0.05) is 25.1 Å². The lowest BCUT2D eigenvalue weighted by molar-refractivity contribution is 0.0595. The third-order valence-corrected chi connectivity index (χ3v) is 5.01. The Bertz CT molecular complexity index is 1100. The summed E-state index contributed by atoms with van der Waals surface area (Å²) >= 11 is 0. The van der Waals surface area contributed by atoms with Crippen molar-refractivity contribution >= 4 is 28.8 Å². The Balaban J connectivity index is 1.84. The first-order valence-corrected chi connectivity index (χ1v) is 9.25. The van der Waals surface area contributed by atoms with E-state index < -0.39 is 6.04 Å². The first kappa shape index (κ1) is 18.0. The zero-order valence-corrected chi connectivity index (χ0v) is 15.6. The number of hydrogen-bond acceptors (Lipinski definition) is 3. The number of aromatic nitrogens is 1. The second kappa shape index (κ2) is 7.00. The summed E-state index contributed by atoms with van der Waals surface area (Å²) in [7, 11) is 0. The number of hydrogen-bond donors (Lipinski definition) is 0. The van der Waals surface area contributed by atoms with Crippen LogP contribution in [0.15, 0.2) is 54.6 Å². The lowest BCUT2D eigenvalue weighted by atomic mass is 10.0. The van der Waals surface area contributed by atoms with Crippen LogP contribution < -0.4 is 0 Å². The first-order chi connectivity index (χ1) is 13.5. The SMILES string of the molecule is CC/C=C/c1nc2cc(F)ccc2cc1C(C)N1C(=O)c2ccccc2C1=O. The van der Waals surface area contributed by atoms with Crippen LogP contribution >= 0.6 is 0 Å². The quantitative estimate of drug-likeness (QED) is 0.593. The van der Waals surface area contributed by atoms with Gasteiger partial charge in [0.15, 0.2) is 0 Å². The van der Waals surface area contributed by atoms with E-state index in [1.807, 2.05) is 32.1 Å². The van der Waals surface area contributed by atoms with Crippen molar-refractivity contribution in [2.24, 2.45) is 0 Å². The number of amides is 2. The normalized spacial score (nSPS) is 14.9. The summed E-state index contributed by atoms with van der Waals surface area (Å²) < 4.78 is 13.6. The third-order valence-electron chi connectivity index (χ3n) is 5.01. The molecule has 4 nitrogen and oxygen atoms in total. The molecule has 0 saturated heterocycles. The Hall–Kier alpha value is -3.34. The predicted molar refractivity (Wildman–Crippen MR) is 106 cm³/mol. The van der Waals surface area contributed by atoms with E-state index >= 15 is 0 Å². The van der Waals surface area contributed by atoms with Gasteiger partial charge in [0.05, 0.1) is 28.4 Å². The molecule has 0 N–H and O–H groups in total. The molecule has 1 atom stereocenters. The van der Waals surface area contributed by atoms with Gasteiger partial charge < -0.3 is 0 Å². The lowest BCUT2D eigenvalue weighted by Crippen LogP contribution is -2.33. The Morgan fingerprint density at radius 1 is 1.07 bits per heavy atom. The molecule has 28 heavy (non-hydrogen) atoms. The highest BCUT2D eigenvalue weighted by Crippen LogP contribution is 2.34. The number of benzene rings is 2. The number of rotatable bonds is 4. The van der Waals surface area contributed by atoms with E-state index in [9.17, 15) is 14.0 Å². The molecule has 0 spiro atoms. The average molecular weight is 374 g/mol. The number of fused-ring (bicyclic) bond motifs is 2. The van der Waals surface area contributed by atoms with Gasteiger partial charge >= 0.3 is 0 Å². The third kappa shape index (κ3) is 2.89. The Morgan fingerprint density at radius 3 is 2.39 bits per heavy atom. The number of imide groups is 1. The predicted octanol–water partition coefficient (Wildman–Crippen LogP) is 5.15. The highest BCUT2D eigenvalue weighted by Gasteiger charge is 2.39. The van der Waals surface area contributed by atoms with Gasteiger partial charge in [-0.2, -0.15) is 0 Å². The zero-order chi connectivity index (χ0) is 19.8. The second-order valence-electron chi connectivity index (χ2n) is 6.81. The van der Waals surface area contributed by atoms with Gasteiger partial charge in [-0.3, -0.25) is 14.5 Å². The van der Waals surface area contributed by atoms with Gasteiger partial charge in [0.25, 0.3) is 11.8 Å². The molecule has 1 unspecified atom stereocenters. The number of allylic oxidation sites excluding steroid dienone is 1. The minimum absolute atomic E-state index is 0.308. The summed E-state index contributed by atoms with van der Waals surface area (Å²) in [6.07, 6.45) is 4.62. The van der Waals surface area contributed by atoms with Crippen LogP contribution in [-0.4, -0.2) is 21.7 Å². The smallest absolute Gasteiger partial charge is 0.262 e. The van der Waals surface area contributed by atoms with Crippen LogP contribution in [0.25, 0.3) is 17.0 Å². The van der Waals surface area contributed by atoms with Crippen LogP contribution in [0.4, 0.5) is 4.39 Å². The number of carbonyl (C=O) groups is 2. The fraction of sp³-hybridized carbons (Fsp3) is 0.174. The van der Waals surface area contributed by atoms with Crippen molar-refractivity contribution in [3.05, 3.63) is 82.8 Å². The fourth-order valence-corrected chi connectivity index (χ4v) is 3.57. The summed E-state index contributed by atoms with van der Waals surface area (Å²) in [5, 5.41) is 0.758. The molecule has 2 aromatic carbocycles. The van der Waals surface area contributed by atoms with Gasteiger partial charge in [0.2, 0.25) is 0 Å². The van der Waals surface area contributed by atoms with Crippen molar-refractivity contribution in [2.75, 3.05) is 0 Å². The van der Waals surface area contributed by atoms with Crippen molar-refractivity contribution in [3.63, 3.8) is 0 Å². The van der Waals surface area contributed by atoms with E-state index in [2.05, 4.69) is 4.98 Å². The Morgan fingerprint density at radius 2 is 1.75 bits per heavy atom. The minimum atomic E-state index is -0.508. The zero-order valence-electron chi connectivity index (χ0n) is 15.6. The molecule has 0 fully saturated rings. The lowest BCUT2D eigenvalue weighted by Gasteiger charge is -2.24. The van der Waals surface area contributed by atoms with E-state index in [1.165, 1.54) is 17.0 Å². The standard InChI is InChI=1S/C23H19FN2O2/c1-3-4-9-20-19(12-15-10-11-16(24)13-21(15)25-20)14(2)26-22(27)17-7-5-6-8-18(17)23(26)28/h4-14H,3H2,1-2H3/b9-4+. The molecular weight excluding hydrogens is 355 g/mol. The van der Waals surface area contributed by atoms with Gasteiger partial charge in [0, 0.05) is 17.0 Å². The van der Waals surface area contributed by atoms with Gasteiger partial charge in [-0.15, -0.1) is 0 Å². The number of pyridine rings is 1. The molecule has 3 aromatic rings.